The minimum Gasteiger partial charge on any atom is -0.396 e. The molecule has 0 aliphatic heterocycles. The molecular formula is C12H20N2O. The van der Waals surface area contributed by atoms with Crippen LogP contribution >= 0.6 is 0 Å². The van der Waals surface area contributed by atoms with Crippen LogP contribution in [0.3, 0.4) is 0 Å². The third-order valence-electron chi connectivity index (χ3n) is 3.61. The van der Waals surface area contributed by atoms with Gasteiger partial charge in [-0.05, 0) is 43.6 Å². The summed E-state index contributed by atoms with van der Waals surface area (Å²) >= 11 is 0. The Kier molecular flexibility index (Phi) is 2.59. The van der Waals surface area contributed by atoms with Crippen LogP contribution in [0.2, 0.25) is 0 Å². The minimum atomic E-state index is 0.0558. The molecule has 2 rings (SSSR count). The summed E-state index contributed by atoms with van der Waals surface area (Å²) in [5.74, 6) is 0.706. The first-order chi connectivity index (χ1) is 7.05. The van der Waals surface area contributed by atoms with Crippen molar-refractivity contribution in [3.05, 3.63) is 17.5 Å². The lowest BCUT2D eigenvalue weighted by Gasteiger charge is -2.27. The summed E-state index contributed by atoms with van der Waals surface area (Å²) in [6.07, 6.45) is 3.48. The number of hydrogen-bond donors (Lipinski definition) is 1. The van der Waals surface area contributed by atoms with E-state index in [9.17, 15) is 5.11 Å². The fourth-order valence-corrected chi connectivity index (χ4v) is 2.35. The molecule has 0 spiro atoms. The monoisotopic (exact) mass is 208 g/mol. The van der Waals surface area contributed by atoms with Crippen molar-refractivity contribution < 1.29 is 5.11 Å². The largest absolute Gasteiger partial charge is 0.396 e. The molecule has 3 heteroatoms. The molecule has 0 bridgehead atoms. The molecule has 1 unspecified atom stereocenters. The Morgan fingerprint density at radius 1 is 1.60 bits per heavy atom. The normalized spacial score (nSPS) is 20.3. The molecule has 1 N–H and O–H groups in total. The molecule has 1 fully saturated rings. The first-order valence-corrected chi connectivity index (χ1v) is 5.65. The molecule has 1 aromatic heterocycles. The summed E-state index contributed by atoms with van der Waals surface area (Å²) in [5.41, 5.74) is 2.35. The third kappa shape index (κ3) is 2.07. The molecular weight excluding hydrogens is 188 g/mol. The Morgan fingerprint density at radius 2 is 2.27 bits per heavy atom. The highest BCUT2D eigenvalue weighted by Gasteiger charge is 2.41. The number of aliphatic hydroxyl groups excluding tert-OH is 1. The van der Waals surface area contributed by atoms with Crippen molar-refractivity contribution in [2.75, 3.05) is 6.61 Å². The standard InChI is InChI=1S/C12H20N2O/c1-9-6-11(14(3)13-9)7-12(2,8-15)10-4-5-10/h6,10,15H,4-5,7-8H2,1-3H3. The molecule has 1 atom stereocenters. The molecule has 84 valence electrons. The van der Waals surface area contributed by atoms with Crippen molar-refractivity contribution in [3.63, 3.8) is 0 Å². The summed E-state index contributed by atoms with van der Waals surface area (Å²) in [6, 6.07) is 2.12. The number of aromatic nitrogens is 2. The second-order valence-corrected chi connectivity index (χ2v) is 5.16. The van der Waals surface area contributed by atoms with Gasteiger partial charge in [0.05, 0.1) is 5.69 Å². The second-order valence-electron chi connectivity index (χ2n) is 5.16. The molecule has 1 aliphatic rings. The maximum atomic E-state index is 9.53. The number of aryl methyl sites for hydroxylation is 2. The van der Waals surface area contributed by atoms with Crippen LogP contribution < -0.4 is 0 Å². The van der Waals surface area contributed by atoms with E-state index in [1.807, 2.05) is 18.7 Å². The van der Waals surface area contributed by atoms with Crippen LogP contribution in [0.1, 0.15) is 31.2 Å². The zero-order chi connectivity index (χ0) is 11.1. The third-order valence-corrected chi connectivity index (χ3v) is 3.61. The van der Waals surface area contributed by atoms with Gasteiger partial charge in [-0.1, -0.05) is 6.92 Å². The van der Waals surface area contributed by atoms with E-state index in [0.717, 1.165) is 12.1 Å². The van der Waals surface area contributed by atoms with E-state index in [1.54, 1.807) is 0 Å². The molecule has 1 saturated carbocycles. The van der Waals surface area contributed by atoms with Crippen LogP contribution in [0.4, 0.5) is 0 Å². The van der Waals surface area contributed by atoms with E-state index in [0.29, 0.717) is 5.92 Å². The Bertz CT molecular complexity index is 355. The van der Waals surface area contributed by atoms with Gasteiger partial charge in [-0.3, -0.25) is 4.68 Å². The smallest absolute Gasteiger partial charge is 0.0596 e. The van der Waals surface area contributed by atoms with Crippen LogP contribution in [0.5, 0.6) is 0 Å². The molecule has 0 radical (unpaired) electrons. The molecule has 0 amide bonds. The Balaban J connectivity index is 2.15. The SMILES string of the molecule is Cc1cc(CC(C)(CO)C2CC2)n(C)n1. The average Bonchev–Trinajstić information content (AvgIpc) is 2.96. The molecule has 1 aliphatic carbocycles. The van der Waals surface area contributed by atoms with Crippen LogP contribution in [0.15, 0.2) is 6.07 Å². The molecule has 0 saturated heterocycles. The van der Waals surface area contributed by atoms with E-state index in [1.165, 1.54) is 18.5 Å². The summed E-state index contributed by atoms with van der Waals surface area (Å²) < 4.78 is 1.94. The van der Waals surface area contributed by atoms with Gasteiger partial charge in [-0.15, -0.1) is 0 Å². The predicted molar refractivity (Wildman–Crippen MR) is 59.6 cm³/mol. The summed E-state index contributed by atoms with van der Waals surface area (Å²) in [5, 5.41) is 13.9. The highest BCUT2D eigenvalue weighted by Crippen LogP contribution is 2.46. The lowest BCUT2D eigenvalue weighted by atomic mass is 9.81. The van der Waals surface area contributed by atoms with Crippen molar-refractivity contribution in [1.29, 1.82) is 0 Å². The highest BCUT2D eigenvalue weighted by molar-refractivity contribution is 5.12. The molecule has 15 heavy (non-hydrogen) atoms. The van der Waals surface area contributed by atoms with E-state index in [-0.39, 0.29) is 12.0 Å². The molecule has 3 nitrogen and oxygen atoms in total. The Morgan fingerprint density at radius 3 is 2.67 bits per heavy atom. The quantitative estimate of drug-likeness (QED) is 0.817. The van der Waals surface area contributed by atoms with E-state index >= 15 is 0 Å². The van der Waals surface area contributed by atoms with E-state index in [4.69, 9.17) is 0 Å². The van der Waals surface area contributed by atoms with Gasteiger partial charge >= 0.3 is 0 Å². The summed E-state index contributed by atoms with van der Waals surface area (Å²) in [4.78, 5) is 0. The van der Waals surface area contributed by atoms with Crippen LogP contribution in [-0.2, 0) is 13.5 Å². The zero-order valence-electron chi connectivity index (χ0n) is 9.82. The zero-order valence-corrected chi connectivity index (χ0v) is 9.82. The summed E-state index contributed by atoms with van der Waals surface area (Å²) in [6.45, 7) is 4.48. The first-order valence-electron chi connectivity index (χ1n) is 5.65. The van der Waals surface area contributed by atoms with Crippen molar-refractivity contribution in [3.8, 4) is 0 Å². The second kappa shape index (κ2) is 3.63. The lowest BCUT2D eigenvalue weighted by Crippen LogP contribution is -2.27. The van der Waals surface area contributed by atoms with Crippen LogP contribution in [0.25, 0.3) is 0 Å². The molecule has 0 aromatic carbocycles. The number of aliphatic hydroxyl groups is 1. The fraction of sp³-hybridized carbons (Fsp3) is 0.750. The van der Waals surface area contributed by atoms with Gasteiger partial charge < -0.3 is 5.11 Å². The maximum Gasteiger partial charge on any atom is 0.0596 e. The lowest BCUT2D eigenvalue weighted by molar-refractivity contribution is 0.117. The van der Waals surface area contributed by atoms with Crippen molar-refractivity contribution >= 4 is 0 Å². The average molecular weight is 208 g/mol. The van der Waals surface area contributed by atoms with Crippen LogP contribution in [-0.4, -0.2) is 21.5 Å². The van der Waals surface area contributed by atoms with Gasteiger partial charge in [0, 0.05) is 19.3 Å². The van der Waals surface area contributed by atoms with Crippen LogP contribution in [0, 0.1) is 18.3 Å². The Labute approximate surface area is 91.1 Å². The van der Waals surface area contributed by atoms with E-state index in [2.05, 4.69) is 18.1 Å². The number of nitrogens with zero attached hydrogens (tertiary/aromatic N) is 2. The van der Waals surface area contributed by atoms with Crippen molar-refractivity contribution in [1.82, 2.24) is 9.78 Å². The minimum absolute atomic E-state index is 0.0558. The van der Waals surface area contributed by atoms with E-state index < -0.39 is 0 Å². The van der Waals surface area contributed by atoms with Gasteiger partial charge in [-0.2, -0.15) is 5.10 Å². The maximum absolute atomic E-state index is 9.53. The first kappa shape index (κ1) is 10.7. The fourth-order valence-electron chi connectivity index (χ4n) is 2.35. The van der Waals surface area contributed by atoms with Gasteiger partial charge in [0.1, 0.15) is 0 Å². The van der Waals surface area contributed by atoms with Crippen molar-refractivity contribution in [2.45, 2.75) is 33.1 Å². The van der Waals surface area contributed by atoms with Crippen molar-refractivity contribution in [2.24, 2.45) is 18.4 Å². The number of hydrogen-bond acceptors (Lipinski definition) is 2. The summed E-state index contributed by atoms with van der Waals surface area (Å²) in [7, 11) is 1.98. The van der Waals surface area contributed by atoms with Gasteiger partial charge in [-0.25, -0.2) is 0 Å². The topological polar surface area (TPSA) is 38.0 Å². The van der Waals surface area contributed by atoms with Gasteiger partial charge in [0.25, 0.3) is 0 Å². The van der Waals surface area contributed by atoms with Gasteiger partial charge in [0.2, 0.25) is 0 Å². The number of rotatable bonds is 4. The predicted octanol–water partition coefficient (Wildman–Crippen LogP) is 1.68. The van der Waals surface area contributed by atoms with Gasteiger partial charge in [0.15, 0.2) is 0 Å². The highest BCUT2D eigenvalue weighted by atomic mass is 16.3. The Hall–Kier alpha value is -0.830. The molecule has 1 heterocycles. The molecule has 1 aromatic rings.